The van der Waals surface area contributed by atoms with Crippen LogP contribution in [-0.4, -0.2) is 53.7 Å². The number of hydrogen-bond donors (Lipinski definition) is 2. The number of aliphatic carboxylic acids is 1. The molecule has 176 valence electrons. The number of carboxylic acid groups (broad SMARTS) is 1. The Morgan fingerprint density at radius 1 is 1.03 bits per heavy atom. The molecule has 2 aromatic carbocycles. The molecule has 2 saturated carbocycles. The van der Waals surface area contributed by atoms with E-state index >= 15 is 0 Å². The standard InChI is InChI=1S/C27H28N2O5/c30-23(31)22-10-13-29(22)24(32)27(15-26(27)11-5-12-26)16-28-25(33)34-14-21-19-8-3-1-6-17(19)18-7-2-4-9-20(18)21/h1-4,6-9,21-22H,5,10-16H2,(H,28,33)(H,30,31). The summed E-state index contributed by atoms with van der Waals surface area (Å²) in [5, 5.41) is 12.2. The van der Waals surface area contributed by atoms with E-state index in [9.17, 15) is 19.5 Å². The molecule has 3 fully saturated rings. The lowest BCUT2D eigenvalue weighted by Crippen LogP contribution is -2.59. The summed E-state index contributed by atoms with van der Waals surface area (Å²) in [5.74, 6) is -1.10. The van der Waals surface area contributed by atoms with Gasteiger partial charge in [0.2, 0.25) is 5.91 Å². The number of ether oxygens (including phenoxy) is 1. The van der Waals surface area contributed by atoms with E-state index in [1.54, 1.807) is 0 Å². The van der Waals surface area contributed by atoms with Crippen molar-refractivity contribution < 1.29 is 24.2 Å². The topological polar surface area (TPSA) is 95.9 Å². The van der Waals surface area contributed by atoms with Crippen LogP contribution in [0.4, 0.5) is 4.79 Å². The Balaban J connectivity index is 1.12. The SMILES string of the molecule is O=C(NCC1(C(=O)N2CCC2C(=O)O)CC12CCC2)OCC1c2ccccc2-c2ccccc21. The highest BCUT2D eigenvalue weighted by molar-refractivity contribution is 5.93. The molecule has 4 aliphatic rings. The molecule has 34 heavy (non-hydrogen) atoms. The maximum atomic E-state index is 13.4. The average molecular weight is 461 g/mol. The third-order valence-corrected chi connectivity index (χ3v) is 8.69. The van der Waals surface area contributed by atoms with Crippen molar-refractivity contribution >= 4 is 18.0 Å². The molecule has 2 aromatic rings. The van der Waals surface area contributed by atoms with Crippen LogP contribution >= 0.6 is 0 Å². The van der Waals surface area contributed by atoms with Crippen LogP contribution in [0.3, 0.4) is 0 Å². The lowest BCUT2D eigenvalue weighted by molar-refractivity contribution is -0.161. The van der Waals surface area contributed by atoms with Gasteiger partial charge in [-0.05, 0) is 53.4 Å². The second kappa shape index (κ2) is 7.58. The van der Waals surface area contributed by atoms with Gasteiger partial charge in [0.25, 0.3) is 0 Å². The summed E-state index contributed by atoms with van der Waals surface area (Å²) >= 11 is 0. The number of amides is 2. The van der Waals surface area contributed by atoms with Gasteiger partial charge in [0, 0.05) is 19.0 Å². The highest BCUT2D eigenvalue weighted by Crippen LogP contribution is 2.74. The Morgan fingerprint density at radius 3 is 2.18 bits per heavy atom. The van der Waals surface area contributed by atoms with E-state index < -0.39 is 23.5 Å². The molecule has 6 rings (SSSR count). The number of benzene rings is 2. The van der Waals surface area contributed by atoms with E-state index in [0.717, 1.165) is 30.4 Å². The number of carbonyl (C=O) groups is 3. The van der Waals surface area contributed by atoms with Crippen LogP contribution in [-0.2, 0) is 14.3 Å². The van der Waals surface area contributed by atoms with Gasteiger partial charge in [-0.15, -0.1) is 0 Å². The molecule has 1 heterocycles. The van der Waals surface area contributed by atoms with Gasteiger partial charge in [-0.3, -0.25) is 4.79 Å². The van der Waals surface area contributed by atoms with Crippen molar-refractivity contribution in [2.75, 3.05) is 19.7 Å². The van der Waals surface area contributed by atoms with E-state index in [2.05, 4.69) is 29.6 Å². The largest absolute Gasteiger partial charge is 0.480 e. The number of carbonyl (C=O) groups excluding carboxylic acids is 2. The fraction of sp³-hybridized carbons (Fsp3) is 0.444. The summed E-state index contributed by atoms with van der Waals surface area (Å²) in [7, 11) is 0. The van der Waals surface area contributed by atoms with Crippen molar-refractivity contribution in [3.8, 4) is 11.1 Å². The maximum absolute atomic E-state index is 13.4. The number of hydrogen-bond acceptors (Lipinski definition) is 4. The average Bonchev–Trinajstić information content (AvgIpc) is 3.40. The van der Waals surface area contributed by atoms with E-state index in [0.29, 0.717) is 19.4 Å². The fourth-order valence-electron chi connectivity index (χ4n) is 6.45. The summed E-state index contributed by atoms with van der Waals surface area (Å²) in [5.41, 5.74) is 3.87. The molecule has 7 heteroatoms. The molecule has 1 spiro atoms. The maximum Gasteiger partial charge on any atom is 0.407 e. The smallest absolute Gasteiger partial charge is 0.407 e. The monoisotopic (exact) mass is 460 g/mol. The van der Waals surface area contributed by atoms with Gasteiger partial charge < -0.3 is 20.1 Å². The molecule has 1 aliphatic heterocycles. The molecule has 3 aliphatic carbocycles. The van der Waals surface area contributed by atoms with Crippen molar-refractivity contribution in [2.45, 2.75) is 44.1 Å². The van der Waals surface area contributed by atoms with E-state index in [4.69, 9.17) is 4.74 Å². The zero-order chi connectivity index (χ0) is 23.5. The third kappa shape index (κ3) is 2.99. The van der Waals surface area contributed by atoms with Gasteiger partial charge in [0.1, 0.15) is 12.6 Å². The van der Waals surface area contributed by atoms with Gasteiger partial charge in [-0.25, -0.2) is 9.59 Å². The van der Waals surface area contributed by atoms with Crippen molar-refractivity contribution in [3.63, 3.8) is 0 Å². The lowest BCUT2D eigenvalue weighted by Gasteiger charge is -2.42. The van der Waals surface area contributed by atoms with Crippen molar-refractivity contribution in [3.05, 3.63) is 59.7 Å². The Morgan fingerprint density at radius 2 is 1.68 bits per heavy atom. The number of carboxylic acids is 1. The van der Waals surface area contributed by atoms with Gasteiger partial charge >= 0.3 is 12.1 Å². The Kier molecular flexibility index (Phi) is 4.73. The van der Waals surface area contributed by atoms with Gasteiger partial charge in [0.05, 0.1) is 5.41 Å². The molecule has 7 nitrogen and oxygen atoms in total. The van der Waals surface area contributed by atoms with E-state index in [1.165, 1.54) is 16.0 Å². The number of nitrogens with one attached hydrogen (secondary N) is 1. The summed E-state index contributed by atoms with van der Waals surface area (Å²) in [6.07, 6.45) is 3.65. The molecule has 2 amide bonds. The first kappa shape index (κ1) is 21.2. The van der Waals surface area contributed by atoms with Crippen LogP contribution in [0.2, 0.25) is 0 Å². The van der Waals surface area contributed by atoms with Crippen LogP contribution in [0, 0.1) is 10.8 Å². The lowest BCUT2D eigenvalue weighted by atomic mass is 9.74. The molecular formula is C27H28N2O5. The van der Waals surface area contributed by atoms with Gasteiger partial charge in [-0.1, -0.05) is 55.0 Å². The van der Waals surface area contributed by atoms with Crippen molar-refractivity contribution in [1.82, 2.24) is 10.2 Å². The Bertz CT molecular complexity index is 1140. The molecular weight excluding hydrogens is 432 g/mol. The van der Waals surface area contributed by atoms with Crippen molar-refractivity contribution in [2.24, 2.45) is 10.8 Å². The van der Waals surface area contributed by atoms with Crippen LogP contribution < -0.4 is 5.32 Å². The molecule has 2 atom stereocenters. The van der Waals surface area contributed by atoms with E-state index in [-0.39, 0.29) is 30.4 Å². The predicted octanol–water partition coefficient (Wildman–Crippen LogP) is 3.77. The molecule has 0 bridgehead atoms. The van der Waals surface area contributed by atoms with E-state index in [1.807, 2.05) is 24.3 Å². The minimum Gasteiger partial charge on any atom is -0.480 e. The number of likely N-dealkylation sites (tertiary alicyclic amines) is 1. The van der Waals surface area contributed by atoms with Gasteiger partial charge in [-0.2, -0.15) is 0 Å². The summed E-state index contributed by atoms with van der Waals surface area (Å²) < 4.78 is 5.65. The van der Waals surface area contributed by atoms with Crippen LogP contribution in [0.1, 0.15) is 49.1 Å². The predicted molar refractivity (Wildman–Crippen MR) is 124 cm³/mol. The fourth-order valence-corrected chi connectivity index (χ4v) is 6.45. The molecule has 0 aromatic heterocycles. The molecule has 2 unspecified atom stereocenters. The third-order valence-electron chi connectivity index (χ3n) is 8.69. The second-order valence-corrected chi connectivity index (χ2v) is 10.2. The summed E-state index contributed by atoms with van der Waals surface area (Å²) in [6, 6.07) is 15.6. The second-order valence-electron chi connectivity index (χ2n) is 10.2. The first-order chi connectivity index (χ1) is 16.5. The van der Waals surface area contributed by atoms with Gasteiger partial charge in [0.15, 0.2) is 0 Å². The number of nitrogens with zero attached hydrogens (tertiary/aromatic N) is 1. The number of alkyl carbamates (subject to hydrolysis) is 1. The Hall–Kier alpha value is -3.35. The summed E-state index contributed by atoms with van der Waals surface area (Å²) in [6.45, 7) is 0.892. The zero-order valence-electron chi connectivity index (χ0n) is 19.0. The molecule has 0 radical (unpaired) electrons. The summed E-state index contributed by atoms with van der Waals surface area (Å²) in [4.78, 5) is 39.0. The zero-order valence-corrected chi connectivity index (χ0v) is 19.0. The van der Waals surface area contributed by atoms with Crippen LogP contribution in [0.15, 0.2) is 48.5 Å². The first-order valence-electron chi connectivity index (χ1n) is 12.1. The molecule has 1 saturated heterocycles. The minimum atomic E-state index is -0.956. The quantitative estimate of drug-likeness (QED) is 0.684. The highest BCUT2D eigenvalue weighted by Gasteiger charge is 2.74. The normalized spacial score (nSPS) is 25.5. The van der Waals surface area contributed by atoms with Crippen LogP contribution in [0.25, 0.3) is 11.1 Å². The first-order valence-corrected chi connectivity index (χ1v) is 12.1. The minimum absolute atomic E-state index is 0.0231. The van der Waals surface area contributed by atoms with Crippen LogP contribution in [0.5, 0.6) is 0 Å². The molecule has 2 N–H and O–H groups in total. The van der Waals surface area contributed by atoms with Crippen molar-refractivity contribution in [1.29, 1.82) is 0 Å². The number of rotatable bonds is 6. The Labute approximate surface area is 198 Å². The number of fused-ring (bicyclic) bond motifs is 3. The highest BCUT2D eigenvalue weighted by atomic mass is 16.5.